The van der Waals surface area contributed by atoms with Crippen LogP contribution in [0.5, 0.6) is 0 Å². The molecule has 4 fully saturated rings. The van der Waals surface area contributed by atoms with Crippen LogP contribution in [0.2, 0.25) is 0 Å². The van der Waals surface area contributed by atoms with Crippen molar-refractivity contribution in [1.82, 2.24) is 20.2 Å². The van der Waals surface area contributed by atoms with E-state index in [1.165, 1.54) is 38.8 Å². The highest BCUT2D eigenvalue weighted by atomic mass is 16.2. The third-order valence-corrected chi connectivity index (χ3v) is 5.92. The van der Waals surface area contributed by atoms with Gasteiger partial charge in [0, 0.05) is 31.4 Å². The van der Waals surface area contributed by atoms with Crippen molar-refractivity contribution in [3.63, 3.8) is 0 Å². The molecule has 4 aliphatic heterocycles. The molecule has 0 aliphatic carbocycles. The molecule has 4 saturated heterocycles. The molecule has 1 aromatic rings. The zero-order valence-electron chi connectivity index (χ0n) is 15.4. The molecule has 4 aliphatic rings. The summed E-state index contributed by atoms with van der Waals surface area (Å²) in [7, 11) is 0. The molecule has 0 saturated carbocycles. The van der Waals surface area contributed by atoms with Crippen LogP contribution in [0.3, 0.4) is 0 Å². The number of hydrogen-bond donors (Lipinski definition) is 1. The van der Waals surface area contributed by atoms with E-state index in [4.69, 9.17) is 4.98 Å². The molecule has 5 heterocycles. The third kappa shape index (κ3) is 3.50. The number of aromatic nitrogens is 2. The maximum atomic E-state index is 12.9. The Labute approximate surface area is 150 Å². The lowest BCUT2D eigenvalue weighted by molar-refractivity contribution is 0.0617. The predicted octanol–water partition coefficient (Wildman–Crippen LogP) is 2.02. The molecule has 1 amide bonds. The number of nitrogens with one attached hydrogen (secondary N) is 1. The number of amides is 1. The summed E-state index contributed by atoms with van der Waals surface area (Å²) in [5.74, 6) is 1.59. The Kier molecular flexibility index (Phi) is 4.63. The molecular formula is C19H29N5O. The van der Waals surface area contributed by atoms with E-state index in [1.54, 1.807) is 0 Å². The van der Waals surface area contributed by atoms with Crippen LogP contribution < -0.4 is 10.2 Å². The maximum Gasteiger partial charge on any atom is 0.270 e. The number of anilines is 1. The number of fused-ring (bicyclic) bond motifs is 3. The third-order valence-electron chi connectivity index (χ3n) is 5.92. The van der Waals surface area contributed by atoms with E-state index in [0.717, 1.165) is 31.3 Å². The average molecular weight is 343 g/mol. The minimum atomic E-state index is -0.0384. The van der Waals surface area contributed by atoms with Gasteiger partial charge in [0.25, 0.3) is 5.91 Å². The summed E-state index contributed by atoms with van der Waals surface area (Å²) in [5, 5.41) is 3.26. The van der Waals surface area contributed by atoms with E-state index in [2.05, 4.69) is 33.9 Å². The van der Waals surface area contributed by atoms with E-state index < -0.39 is 0 Å². The summed E-state index contributed by atoms with van der Waals surface area (Å²) in [6, 6.07) is 2.14. The molecule has 0 radical (unpaired) electrons. The van der Waals surface area contributed by atoms with Gasteiger partial charge in [-0.1, -0.05) is 13.8 Å². The lowest BCUT2D eigenvalue weighted by Gasteiger charge is -2.44. The van der Waals surface area contributed by atoms with E-state index >= 15 is 0 Å². The molecule has 0 aromatic carbocycles. The lowest BCUT2D eigenvalue weighted by Crippen LogP contribution is -2.57. The first-order chi connectivity index (χ1) is 12.1. The topological polar surface area (TPSA) is 61.4 Å². The van der Waals surface area contributed by atoms with Gasteiger partial charge in [0.1, 0.15) is 5.69 Å². The number of rotatable bonds is 4. The zero-order chi connectivity index (χ0) is 17.4. The minimum absolute atomic E-state index is 0.0384. The molecule has 6 nitrogen and oxygen atoms in total. The van der Waals surface area contributed by atoms with Crippen molar-refractivity contribution in [2.45, 2.75) is 51.5 Å². The first-order valence-electron chi connectivity index (χ1n) is 9.77. The summed E-state index contributed by atoms with van der Waals surface area (Å²) in [6.45, 7) is 9.56. The highest BCUT2D eigenvalue weighted by Gasteiger charge is 2.35. The second-order valence-corrected chi connectivity index (χ2v) is 8.04. The fraction of sp³-hybridized carbons (Fsp3) is 0.737. The van der Waals surface area contributed by atoms with Gasteiger partial charge in [-0.3, -0.25) is 4.79 Å². The fourth-order valence-electron chi connectivity index (χ4n) is 4.29. The molecule has 25 heavy (non-hydrogen) atoms. The van der Waals surface area contributed by atoms with E-state index in [9.17, 15) is 4.79 Å². The van der Waals surface area contributed by atoms with Crippen molar-refractivity contribution in [3.8, 4) is 0 Å². The molecule has 136 valence electrons. The Morgan fingerprint density at radius 1 is 1.16 bits per heavy atom. The lowest BCUT2D eigenvalue weighted by atomic mass is 9.84. The Balaban J connectivity index is 1.54. The molecule has 1 unspecified atom stereocenters. The number of piperidine rings is 3. The van der Waals surface area contributed by atoms with Crippen LogP contribution in [0.15, 0.2) is 6.07 Å². The Morgan fingerprint density at radius 3 is 2.48 bits per heavy atom. The van der Waals surface area contributed by atoms with Crippen LogP contribution in [0.4, 0.5) is 5.95 Å². The van der Waals surface area contributed by atoms with Crippen molar-refractivity contribution >= 4 is 11.9 Å². The average Bonchev–Trinajstić information content (AvgIpc) is 3.17. The Morgan fingerprint density at radius 2 is 1.88 bits per heavy atom. The Hall–Kier alpha value is -1.69. The van der Waals surface area contributed by atoms with Crippen molar-refractivity contribution in [3.05, 3.63) is 17.5 Å². The van der Waals surface area contributed by atoms with Crippen LogP contribution >= 0.6 is 0 Å². The summed E-state index contributed by atoms with van der Waals surface area (Å²) in [6.07, 6.45) is 4.75. The minimum Gasteiger partial charge on any atom is -0.346 e. The van der Waals surface area contributed by atoms with Crippen LogP contribution in [0.25, 0.3) is 0 Å². The summed E-state index contributed by atoms with van der Waals surface area (Å²) in [4.78, 5) is 26.9. The zero-order valence-corrected chi connectivity index (χ0v) is 15.4. The van der Waals surface area contributed by atoms with Gasteiger partial charge in [-0.15, -0.1) is 0 Å². The highest BCUT2D eigenvalue weighted by Crippen LogP contribution is 2.28. The van der Waals surface area contributed by atoms with Gasteiger partial charge in [-0.05, 0) is 56.7 Å². The van der Waals surface area contributed by atoms with Crippen molar-refractivity contribution < 1.29 is 4.79 Å². The molecule has 1 N–H and O–H groups in total. The van der Waals surface area contributed by atoms with Crippen molar-refractivity contribution in [1.29, 1.82) is 0 Å². The van der Waals surface area contributed by atoms with Crippen molar-refractivity contribution in [2.24, 2.45) is 5.92 Å². The van der Waals surface area contributed by atoms with Crippen LogP contribution in [-0.2, 0) is 0 Å². The largest absolute Gasteiger partial charge is 0.346 e. The standard InChI is InChI=1S/C19H29N5O/c1-13(2)15-11-16(22-19(21-15)24-7-3-4-8-24)18(25)20-17-12-23-9-5-14(17)6-10-23/h11,13-14,17H,3-10,12H2,1-2H3,(H,20,25). The number of hydrogen-bond acceptors (Lipinski definition) is 5. The molecular weight excluding hydrogens is 314 g/mol. The van der Waals surface area contributed by atoms with Gasteiger partial charge >= 0.3 is 0 Å². The highest BCUT2D eigenvalue weighted by molar-refractivity contribution is 5.93. The van der Waals surface area contributed by atoms with Gasteiger partial charge in [0.05, 0.1) is 0 Å². The number of carbonyl (C=O) groups is 1. The van der Waals surface area contributed by atoms with E-state index in [-0.39, 0.29) is 17.9 Å². The number of nitrogens with zero attached hydrogens (tertiary/aromatic N) is 4. The first kappa shape index (κ1) is 16.8. The van der Waals surface area contributed by atoms with Crippen LogP contribution in [0.1, 0.15) is 61.6 Å². The Bertz CT molecular complexity index is 633. The van der Waals surface area contributed by atoms with Crippen LogP contribution in [-0.4, -0.2) is 59.5 Å². The fourth-order valence-corrected chi connectivity index (χ4v) is 4.29. The van der Waals surface area contributed by atoms with Gasteiger partial charge < -0.3 is 15.1 Å². The van der Waals surface area contributed by atoms with Gasteiger partial charge in [-0.2, -0.15) is 0 Å². The first-order valence-corrected chi connectivity index (χ1v) is 9.77. The normalized spacial score (nSPS) is 28.6. The second kappa shape index (κ2) is 6.90. The van der Waals surface area contributed by atoms with Crippen molar-refractivity contribution in [2.75, 3.05) is 37.6 Å². The molecule has 2 bridgehead atoms. The van der Waals surface area contributed by atoms with Gasteiger partial charge in [-0.25, -0.2) is 9.97 Å². The smallest absolute Gasteiger partial charge is 0.270 e. The molecule has 0 spiro atoms. The molecule has 5 rings (SSSR count). The van der Waals surface area contributed by atoms with Gasteiger partial charge in [0.2, 0.25) is 5.95 Å². The monoisotopic (exact) mass is 343 g/mol. The summed E-state index contributed by atoms with van der Waals surface area (Å²) in [5.41, 5.74) is 1.48. The van der Waals surface area contributed by atoms with Crippen LogP contribution in [0, 0.1) is 5.92 Å². The van der Waals surface area contributed by atoms with E-state index in [0.29, 0.717) is 11.6 Å². The predicted molar refractivity (Wildman–Crippen MR) is 98.0 cm³/mol. The molecule has 6 heteroatoms. The van der Waals surface area contributed by atoms with Gasteiger partial charge in [0.15, 0.2) is 0 Å². The van der Waals surface area contributed by atoms with E-state index in [1.807, 2.05) is 6.07 Å². The summed E-state index contributed by atoms with van der Waals surface area (Å²) >= 11 is 0. The summed E-state index contributed by atoms with van der Waals surface area (Å²) < 4.78 is 0. The molecule has 1 atom stereocenters. The quantitative estimate of drug-likeness (QED) is 0.906. The maximum absolute atomic E-state index is 12.9. The number of carbonyl (C=O) groups excluding carboxylic acids is 1. The second-order valence-electron chi connectivity index (χ2n) is 8.04. The SMILES string of the molecule is CC(C)c1cc(C(=O)NC2CN3CCC2CC3)nc(N2CCCC2)n1. The molecule has 1 aromatic heterocycles.